The quantitative estimate of drug-likeness (QED) is 0.289. The number of carbonyl (C=O) groups is 1. The van der Waals surface area contributed by atoms with Crippen molar-refractivity contribution < 1.29 is 38.4 Å². The van der Waals surface area contributed by atoms with Crippen LogP contribution in [0.15, 0.2) is 12.7 Å². The third-order valence-corrected chi connectivity index (χ3v) is 0.684. The van der Waals surface area contributed by atoms with E-state index >= 15 is 0 Å². The van der Waals surface area contributed by atoms with Crippen molar-refractivity contribution in [3.05, 3.63) is 12.7 Å². The Hall–Kier alpha value is -0.123. The fraction of sp³-hybridized carbons (Fsp3) is 0.571. The van der Waals surface area contributed by atoms with E-state index in [1.54, 1.807) is 0 Å². The summed E-state index contributed by atoms with van der Waals surface area (Å²) in [5, 5.41) is 2.71. The third-order valence-electron chi connectivity index (χ3n) is 0.684. The molecule has 1 unspecified atom stereocenters. The molecule has 0 bridgehead atoms. The molecule has 0 heterocycles. The standard InChI is InChI=1S/C7H13NO.Li.H2O3S.H/c1-5-6(9)8-7(2,3)4;;1-4(2)3;/h5H,1H2,2-4H3,(H,8,9);;(H2,1,2,3);/q;+1;;-1/p-1. The van der Waals surface area contributed by atoms with E-state index in [9.17, 15) is 4.79 Å². The smallest absolute Gasteiger partial charge is 1.00 e. The van der Waals surface area contributed by atoms with E-state index in [4.69, 9.17) is 13.3 Å². The molecule has 1 atom stereocenters. The summed E-state index contributed by atoms with van der Waals surface area (Å²) in [6.45, 7) is 9.11. The minimum Gasteiger partial charge on any atom is -1.00 e. The predicted molar refractivity (Wildman–Crippen MR) is 50.8 cm³/mol. The Kier molecular flexibility index (Phi) is 13.1. The molecule has 14 heavy (non-hydrogen) atoms. The van der Waals surface area contributed by atoms with Gasteiger partial charge in [-0.1, -0.05) is 6.58 Å². The topological polar surface area (TPSA) is 89.5 Å². The summed E-state index contributed by atoms with van der Waals surface area (Å²) in [5.41, 5.74) is -0.148. The monoisotopic (exact) mass is 216 g/mol. The molecule has 0 aromatic carbocycles. The van der Waals surface area contributed by atoms with Crippen LogP contribution in [0.5, 0.6) is 0 Å². The maximum atomic E-state index is 10.6. The van der Waals surface area contributed by atoms with Gasteiger partial charge in [0.05, 0.1) is 11.4 Å². The second kappa shape index (κ2) is 9.43. The molecule has 0 saturated heterocycles. The second-order valence-electron chi connectivity index (χ2n) is 3.16. The molecule has 0 aromatic heterocycles. The average molecular weight is 216 g/mol. The van der Waals surface area contributed by atoms with Crippen molar-refractivity contribution in [2.24, 2.45) is 0 Å². The summed E-state index contributed by atoms with van der Waals surface area (Å²) in [4.78, 5) is 10.6. The van der Waals surface area contributed by atoms with Gasteiger partial charge in [0.25, 0.3) is 0 Å². The van der Waals surface area contributed by atoms with Crippen LogP contribution in [-0.2, 0) is 16.2 Å². The van der Waals surface area contributed by atoms with E-state index in [-0.39, 0.29) is 31.7 Å². The SMILES string of the molecule is C=CC(=O)NC(C)(C)C.O=S([O-])O.[H-].[Li+]. The van der Waals surface area contributed by atoms with Gasteiger partial charge in [-0.15, -0.1) is 0 Å². The first-order valence-electron chi connectivity index (χ1n) is 3.42. The van der Waals surface area contributed by atoms with E-state index in [0.29, 0.717) is 0 Å². The fourth-order valence-corrected chi connectivity index (χ4v) is 0.421. The molecule has 0 aliphatic carbocycles. The fourth-order valence-electron chi connectivity index (χ4n) is 0.421. The Bertz CT molecular complexity index is 204. The largest absolute Gasteiger partial charge is 1.00 e. The van der Waals surface area contributed by atoms with Gasteiger partial charge < -0.3 is 15.8 Å². The molecule has 7 heteroatoms. The van der Waals surface area contributed by atoms with E-state index in [1.807, 2.05) is 20.8 Å². The molecule has 0 radical (unpaired) electrons. The van der Waals surface area contributed by atoms with Gasteiger partial charge in [-0.3, -0.25) is 4.79 Å². The number of hydrogen-bond donors (Lipinski definition) is 2. The molecule has 0 aromatic rings. The Morgan fingerprint density at radius 3 is 2.00 bits per heavy atom. The second-order valence-corrected chi connectivity index (χ2v) is 3.59. The van der Waals surface area contributed by atoms with Crippen LogP contribution in [0.2, 0.25) is 0 Å². The van der Waals surface area contributed by atoms with E-state index in [1.165, 1.54) is 6.08 Å². The first-order valence-corrected chi connectivity index (χ1v) is 4.45. The number of hydrogen-bond acceptors (Lipinski definition) is 3. The minimum absolute atomic E-state index is 0. The van der Waals surface area contributed by atoms with Crippen molar-refractivity contribution >= 4 is 17.3 Å². The average Bonchev–Trinajstić information content (AvgIpc) is 1.82. The van der Waals surface area contributed by atoms with Gasteiger partial charge in [0.15, 0.2) is 0 Å². The Labute approximate surface area is 100 Å². The summed E-state index contributed by atoms with van der Waals surface area (Å²) in [7, 11) is 0. The first kappa shape index (κ1) is 19.4. The molecule has 1 amide bonds. The van der Waals surface area contributed by atoms with Gasteiger partial charge in [-0.2, -0.15) is 0 Å². The van der Waals surface area contributed by atoms with E-state index < -0.39 is 11.4 Å². The maximum Gasteiger partial charge on any atom is 1.00 e. The van der Waals surface area contributed by atoms with Gasteiger partial charge in [-0.05, 0) is 26.8 Å². The molecule has 0 aliphatic rings. The molecule has 5 nitrogen and oxygen atoms in total. The number of amides is 1. The van der Waals surface area contributed by atoms with Gasteiger partial charge in [0.2, 0.25) is 5.91 Å². The zero-order chi connectivity index (χ0) is 11.1. The van der Waals surface area contributed by atoms with Crippen LogP contribution >= 0.6 is 0 Å². The van der Waals surface area contributed by atoms with Gasteiger partial charge in [-0.25, -0.2) is 4.21 Å². The maximum absolute atomic E-state index is 10.6. The van der Waals surface area contributed by atoms with Crippen LogP contribution in [0.3, 0.4) is 0 Å². The predicted octanol–water partition coefficient (Wildman–Crippen LogP) is -2.46. The molecular weight excluding hydrogens is 201 g/mol. The zero-order valence-corrected chi connectivity index (χ0v) is 9.68. The van der Waals surface area contributed by atoms with Crippen molar-refractivity contribution in [3.63, 3.8) is 0 Å². The Morgan fingerprint density at radius 2 is 1.93 bits per heavy atom. The van der Waals surface area contributed by atoms with Crippen molar-refractivity contribution in [1.29, 1.82) is 0 Å². The van der Waals surface area contributed by atoms with Crippen LogP contribution < -0.4 is 24.2 Å². The van der Waals surface area contributed by atoms with Crippen LogP contribution in [0, 0.1) is 0 Å². The Morgan fingerprint density at radius 1 is 1.64 bits per heavy atom. The van der Waals surface area contributed by atoms with Crippen molar-refractivity contribution in [2.75, 3.05) is 0 Å². The molecular formula is C7H15LiNO4S-. The van der Waals surface area contributed by atoms with Gasteiger partial charge in [0, 0.05) is 5.54 Å². The van der Waals surface area contributed by atoms with Gasteiger partial charge in [0.1, 0.15) is 0 Å². The van der Waals surface area contributed by atoms with Crippen molar-refractivity contribution in [3.8, 4) is 0 Å². The minimum atomic E-state index is -2.86. The Balaban J connectivity index is -0.0000000883. The van der Waals surface area contributed by atoms with E-state index in [0.717, 1.165) is 0 Å². The van der Waals surface area contributed by atoms with Crippen LogP contribution in [0.1, 0.15) is 22.2 Å². The molecule has 80 valence electrons. The third kappa shape index (κ3) is 29.7. The number of nitrogens with one attached hydrogen (secondary N) is 1. The molecule has 0 aliphatic heterocycles. The van der Waals surface area contributed by atoms with Crippen LogP contribution in [0.4, 0.5) is 0 Å². The summed E-state index contributed by atoms with van der Waals surface area (Å²) in [6.07, 6.45) is 1.27. The normalized spacial score (nSPS) is 11.2. The number of carbonyl (C=O) groups excluding carboxylic acids is 1. The summed E-state index contributed by atoms with van der Waals surface area (Å²) in [6, 6.07) is 0. The summed E-state index contributed by atoms with van der Waals surface area (Å²) >= 11 is -2.86. The number of rotatable bonds is 1. The van der Waals surface area contributed by atoms with Crippen molar-refractivity contribution in [1.82, 2.24) is 5.32 Å². The molecule has 2 N–H and O–H groups in total. The van der Waals surface area contributed by atoms with Crippen molar-refractivity contribution in [2.45, 2.75) is 26.3 Å². The molecule has 0 saturated carbocycles. The zero-order valence-electron chi connectivity index (χ0n) is 9.86. The first-order chi connectivity index (χ1) is 5.69. The summed E-state index contributed by atoms with van der Waals surface area (Å²) in [5.74, 6) is -0.123. The summed E-state index contributed by atoms with van der Waals surface area (Å²) < 4.78 is 24.1. The van der Waals surface area contributed by atoms with Gasteiger partial charge >= 0.3 is 18.9 Å². The molecule has 0 rings (SSSR count). The van der Waals surface area contributed by atoms with Crippen LogP contribution in [-0.4, -0.2) is 24.8 Å². The van der Waals surface area contributed by atoms with E-state index in [2.05, 4.69) is 11.9 Å². The van der Waals surface area contributed by atoms with Crippen LogP contribution in [0.25, 0.3) is 0 Å². The molecule has 0 fully saturated rings. The molecule has 0 spiro atoms.